The van der Waals surface area contributed by atoms with Crippen LogP contribution < -0.4 is 5.32 Å². The molecule has 2 aromatic heterocycles. The Bertz CT molecular complexity index is 1170. The standard InChI is InChI=1S/C18H13BrF7N5O/c1-8-14(19)17(18(24,25)26)29-31(8)3-2-13(32)28-9-5-27-30(6-9)7-10-11(20)4-12(21)16(23)15(10)22/h4-6H,2-3,7H2,1H3,(H,28,32). The van der Waals surface area contributed by atoms with Gasteiger partial charge in [-0.3, -0.25) is 14.2 Å². The number of hydrogen-bond donors (Lipinski definition) is 1. The van der Waals surface area contributed by atoms with E-state index >= 15 is 0 Å². The Morgan fingerprint density at radius 2 is 1.84 bits per heavy atom. The Balaban J connectivity index is 1.63. The van der Waals surface area contributed by atoms with Gasteiger partial charge in [-0.05, 0) is 22.9 Å². The topological polar surface area (TPSA) is 64.7 Å². The number of alkyl halides is 3. The van der Waals surface area contributed by atoms with Crippen molar-refractivity contribution in [2.45, 2.75) is 32.6 Å². The molecule has 1 N–H and O–H groups in total. The van der Waals surface area contributed by atoms with Crippen molar-refractivity contribution in [1.82, 2.24) is 19.6 Å². The van der Waals surface area contributed by atoms with Crippen LogP contribution in [0, 0.1) is 30.2 Å². The molecule has 0 atom stereocenters. The highest BCUT2D eigenvalue weighted by atomic mass is 79.9. The fraction of sp³-hybridized carbons (Fsp3) is 0.278. The van der Waals surface area contributed by atoms with Gasteiger partial charge in [0.25, 0.3) is 0 Å². The Hall–Kier alpha value is -2.90. The van der Waals surface area contributed by atoms with Crippen molar-refractivity contribution in [1.29, 1.82) is 0 Å². The number of anilines is 1. The number of carbonyl (C=O) groups is 1. The van der Waals surface area contributed by atoms with Crippen LogP contribution in [0.25, 0.3) is 0 Å². The van der Waals surface area contributed by atoms with E-state index in [1.807, 2.05) is 0 Å². The summed E-state index contributed by atoms with van der Waals surface area (Å²) in [5, 5.41) is 9.66. The number of hydrogen-bond acceptors (Lipinski definition) is 3. The van der Waals surface area contributed by atoms with Crippen LogP contribution in [0.5, 0.6) is 0 Å². The molecule has 1 amide bonds. The molecule has 0 unspecified atom stereocenters. The number of nitrogens with zero attached hydrogens (tertiary/aromatic N) is 4. The van der Waals surface area contributed by atoms with Gasteiger partial charge in [0, 0.05) is 24.2 Å². The normalized spacial score (nSPS) is 11.8. The number of rotatable bonds is 6. The maximum absolute atomic E-state index is 13.8. The first-order valence-corrected chi connectivity index (χ1v) is 9.62. The summed E-state index contributed by atoms with van der Waals surface area (Å²) in [6, 6.07) is 0.208. The monoisotopic (exact) mass is 527 g/mol. The van der Waals surface area contributed by atoms with Gasteiger partial charge in [0.15, 0.2) is 23.1 Å². The van der Waals surface area contributed by atoms with Crippen molar-refractivity contribution in [3.63, 3.8) is 0 Å². The first-order valence-electron chi connectivity index (χ1n) is 8.82. The van der Waals surface area contributed by atoms with Gasteiger partial charge in [-0.25, -0.2) is 17.6 Å². The smallest absolute Gasteiger partial charge is 0.323 e. The SMILES string of the molecule is Cc1c(Br)c(C(F)(F)F)nn1CCC(=O)Nc1cnn(Cc2c(F)cc(F)c(F)c2F)c1. The van der Waals surface area contributed by atoms with E-state index in [1.165, 1.54) is 13.1 Å². The molecule has 0 fully saturated rings. The van der Waals surface area contributed by atoms with Gasteiger partial charge in [0.05, 0.1) is 35.1 Å². The minimum Gasteiger partial charge on any atom is -0.323 e. The summed E-state index contributed by atoms with van der Waals surface area (Å²) in [4.78, 5) is 12.1. The molecule has 1 aromatic carbocycles. The maximum Gasteiger partial charge on any atom is 0.436 e. The summed E-state index contributed by atoms with van der Waals surface area (Å²) in [6.07, 6.45) is -2.55. The second kappa shape index (κ2) is 8.92. The van der Waals surface area contributed by atoms with E-state index in [-0.39, 0.29) is 34.9 Å². The third-order valence-corrected chi connectivity index (χ3v) is 5.35. The summed E-state index contributed by atoms with van der Waals surface area (Å²) >= 11 is 2.83. The second-order valence-electron chi connectivity index (χ2n) is 6.64. The zero-order chi connectivity index (χ0) is 23.8. The quantitative estimate of drug-likeness (QED) is 0.284. The van der Waals surface area contributed by atoms with Gasteiger partial charge in [0.2, 0.25) is 5.91 Å². The van der Waals surface area contributed by atoms with Crippen molar-refractivity contribution in [2.75, 3.05) is 5.32 Å². The van der Waals surface area contributed by atoms with Crippen LogP contribution >= 0.6 is 15.9 Å². The molecule has 32 heavy (non-hydrogen) atoms. The third kappa shape index (κ3) is 4.95. The van der Waals surface area contributed by atoms with Crippen molar-refractivity contribution in [3.8, 4) is 0 Å². The number of benzene rings is 1. The summed E-state index contributed by atoms with van der Waals surface area (Å²) < 4.78 is 94.4. The predicted molar refractivity (Wildman–Crippen MR) is 101 cm³/mol. The molecule has 2 heterocycles. The highest BCUT2D eigenvalue weighted by Gasteiger charge is 2.37. The first-order chi connectivity index (χ1) is 14.9. The minimum absolute atomic E-state index is 0.118. The summed E-state index contributed by atoms with van der Waals surface area (Å²) in [5.74, 6) is -7.08. The van der Waals surface area contributed by atoms with Crippen LogP contribution in [0.15, 0.2) is 22.9 Å². The molecule has 0 aliphatic rings. The molecule has 3 aromatic rings. The molecule has 0 aliphatic heterocycles. The zero-order valence-corrected chi connectivity index (χ0v) is 17.7. The Kier molecular flexibility index (Phi) is 6.62. The number of aromatic nitrogens is 4. The molecule has 14 heteroatoms. The number of nitrogens with one attached hydrogen (secondary N) is 1. The zero-order valence-electron chi connectivity index (χ0n) is 16.1. The molecule has 0 saturated heterocycles. The van der Waals surface area contributed by atoms with Crippen LogP contribution in [0.1, 0.15) is 23.4 Å². The molecule has 6 nitrogen and oxygen atoms in total. The first kappa shape index (κ1) is 23.8. The molecule has 0 spiro atoms. The van der Waals surface area contributed by atoms with E-state index in [4.69, 9.17) is 0 Å². The number of carbonyl (C=O) groups excluding carboxylic acids is 1. The van der Waals surface area contributed by atoms with Gasteiger partial charge < -0.3 is 5.32 Å². The van der Waals surface area contributed by atoms with Gasteiger partial charge in [0.1, 0.15) is 5.82 Å². The lowest BCUT2D eigenvalue weighted by molar-refractivity contribution is -0.142. The van der Waals surface area contributed by atoms with E-state index < -0.39 is 53.2 Å². The van der Waals surface area contributed by atoms with E-state index in [0.717, 1.165) is 15.6 Å². The lowest BCUT2D eigenvalue weighted by Gasteiger charge is -2.07. The lowest BCUT2D eigenvalue weighted by atomic mass is 10.2. The molecule has 0 bridgehead atoms. The molecular weight excluding hydrogens is 515 g/mol. The highest BCUT2D eigenvalue weighted by Crippen LogP contribution is 2.35. The second-order valence-corrected chi connectivity index (χ2v) is 7.43. The van der Waals surface area contributed by atoms with Crippen molar-refractivity contribution < 1.29 is 35.5 Å². The van der Waals surface area contributed by atoms with Crippen LogP contribution in [0.3, 0.4) is 0 Å². The molecule has 0 saturated carbocycles. The number of amides is 1. The average Bonchev–Trinajstić information content (AvgIpc) is 3.26. The lowest BCUT2D eigenvalue weighted by Crippen LogP contribution is -2.16. The molecule has 3 rings (SSSR count). The maximum atomic E-state index is 13.8. The van der Waals surface area contributed by atoms with Crippen molar-refractivity contribution in [3.05, 3.63) is 63.2 Å². The Morgan fingerprint density at radius 1 is 1.16 bits per heavy atom. The van der Waals surface area contributed by atoms with Gasteiger partial charge in [-0.15, -0.1) is 0 Å². The van der Waals surface area contributed by atoms with Crippen molar-refractivity contribution >= 4 is 27.5 Å². The fourth-order valence-electron chi connectivity index (χ4n) is 2.78. The summed E-state index contributed by atoms with van der Waals surface area (Å²) in [7, 11) is 0. The van der Waals surface area contributed by atoms with E-state index in [0.29, 0.717) is 0 Å². The molecular formula is C18H13BrF7N5O. The molecule has 0 radical (unpaired) electrons. The van der Waals surface area contributed by atoms with E-state index in [9.17, 15) is 35.5 Å². The number of halogens is 8. The third-order valence-electron chi connectivity index (χ3n) is 4.40. The largest absolute Gasteiger partial charge is 0.436 e. The van der Waals surface area contributed by atoms with Crippen LogP contribution in [0.4, 0.5) is 36.4 Å². The predicted octanol–water partition coefficient (Wildman–Crippen LogP) is 4.80. The Labute approximate surface area is 184 Å². The average molecular weight is 528 g/mol. The highest BCUT2D eigenvalue weighted by molar-refractivity contribution is 9.10. The van der Waals surface area contributed by atoms with Crippen molar-refractivity contribution in [2.24, 2.45) is 0 Å². The van der Waals surface area contributed by atoms with Gasteiger partial charge in [-0.1, -0.05) is 0 Å². The van der Waals surface area contributed by atoms with Crippen LogP contribution in [-0.4, -0.2) is 25.5 Å². The van der Waals surface area contributed by atoms with Gasteiger partial charge in [-0.2, -0.15) is 23.4 Å². The summed E-state index contributed by atoms with van der Waals surface area (Å²) in [5.41, 5.74) is -1.56. The summed E-state index contributed by atoms with van der Waals surface area (Å²) in [6.45, 7) is 0.683. The van der Waals surface area contributed by atoms with E-state index in [2.05, 4.69) is 31.4 Å². The molecule has 172 valence electrons. The minimum atomic E-state index is -4.65. The number of aryl methyl sites for hydroxylation is 1. The van der Waals surface area contributed by atoms with Crippen LogP contribution in [0.2, 0.25) is 0 Å². The van der Waals surface area contributed by atoms with E-state index in [1.54, 1.807) is 0 Å². The molecule has 0 aliphatic carbocycles. The fourth-order valence-corrected chi connectivity index (χ4v) is 3.29. The van der Waals surface area contributed by atoms with Gasteiger partial charge >= 0.3 is 6.18 Å². The van der Waals surface area contributed by atoms with Crippen LogP contribution in [-0.2, 0) is 24.1 Å². The Morgan fingerprint density at radius 3 is 2.47 bits per heavy atom.